The van der Waals surface area contributed by atoms with Crippen molar-refractivity contribution in [3.63, 3.8) is 0 Å². The number of hydrogen-bond donors (Lipinski definition) is 2. The van der Waals surface area contributed by atoms with Crippen molar-refractivity contribution in [1.82, 2.24) is 0 Å². The summed E-state index contributed by atoms with van der Waals surface area (Å²) in [4.78, 5) is 0. The first kappa shape index (κ1) is 26.4. The Balaban J connectivity index is 1.72. The Kier molecular flexibility index (Phi) is 10.3. The maximum atomic E-state index is 10.8. The number of fused-ring (bicyclic) bond motifs is 1. The standard InChI is InChI=1S/C22H24I4O2S2.Ti/c23-15-7-13(21(27)17(25)9-15)11-29-19-5-3-1-2-4-6-20(19)30-12-14-8-16(24)10-18(26)22(14)28;/h7-10,19-20,27-28H,1-6,11-12H2;/t19-,20?;/m0./s1. The van der Waals surface area contributed by atoms with Gasteiger partial charge in [0.25, 0.3) is 0 Å². The van der Waals surface area contributed by atoms with Gasteiger partial charge in [-0.2, -0.15) is 0 Å². The van der Waals surface area contributed by atoms with Crippen LogP contribution in [0.5, 0.6) is 11.5 Å². The molecule has 168 valence electrons. The van der Waals surface area contributed by atoms with E-state index < -0.39 is 0 Å². The summed E-state index contributed by atoms with van der Waals surface area (Å²) in [6, 6.07) is 8.55. The first-order valence-corrected chi connectivity index (χ1v) is 21.4. The van der Waals surface area contributed by atoms with E-state index in [9.17, 15) is 10.2 Å². The molecule has 0 aromatic heterocycles. The molecular weight excluding hydrogens is 916 g/mol. The zero-order chi connectivity index (χ0) is 22.1. The molecule has 0 bridgehead atoms. The van der Waals surface area contributed by atoms with Gasteiger partial charge in [-0.15, -0.1) is 0 Å². The molecule has 1 aliphatic heterocycles. The number of phenolic OH excluding ortho intramolecular Hbond substituents is 2. The summed E-state index contributed by atoms with van der Waals surface area (Å²) >= 11 is 9.18. The molecule has 2 aromatic carbocycles. The Morgan fingerprint density at radius 1 is 0.710 bits per heavy atom. The van der Waals surface area contributed by atoms with Gasteiger partial charge in [-0.3, -0.25) is 0 Å². The van der Waals surface area contributed by atoms with E-state index >= 15 is 0 Å². The monoisotopic (exact) mass is 940 g/mol. The minimum absolute atomic E-state index is 0.127. The van der Waals surface area contributed by atoms with Gasteiger partial charge >= 0.3 is 254 Å². The number of benzene rings is 2. The Morgan fingerprint density at radius 3 is 1.55 bits per heavy atom. The zero-order valence-electron chi connectivity index (χ0n) is 16.8. The van der Waals surface area contributed by atoms with Gasteiger partial charge in [0, 0.05) is 0 Å². The average molecular weight is 940 g/mol. The second-order valence-electron chi connectivity index (χ2n) is 8.09. The van der Waals surface area contributed by atoms with Crippen molar-refractivity contribution in [1.29, 1.82) is 0 Å². The SMILES string of the molecule is Oc1c(I)cc(I)cc1C[S]1=[Ti]=[S](Cc2cc(I)cc(I)c2O)[C@H]2CCCCCCC21. The Labute approximate surface area is 249 Å². The molecule has 9 heteroatoms. The van der Waals surface area contributed by atoms with Crippen molar-refractivity contribution in [2.24, 2.45) is 0 Å². The van der Waals surface area contributed by atoms with Crippen molar-refractivity contribution >= 4 is 106 Å². The first-order valence-electron chi connectivity index (χ1n) is 10.3. The van der Waals surface area contributed by atoms with Crippen LogP contribution in [0.4, 0.5) is 0 Å². The van der Waals surface area contributed by atoms with Crippen LogP contribution < -0.4 is 0 Å². The topological polar surface area (TPSA) is 40.5 Å². The molecule has 0 amide bonds. The number of phenols is 2. The molecular formula is C22H24I4O2S2Ti. The second-order valence-corrected chi connectivity index (χ2v) is 24.3. The van der Waals surface area contributed by atoms with Crippen LogP contribution >= 0.6 is 106 Å². The van der Waals surface area contributed by atoms with E-state index in [1.165, 1.54) is 56.8 Å². The van der Waals surface area contributed by atoms with Crippen molar-refractivity contribution in [2.45, 2.75) is 60.5 Å². The summed E-state index contributed by atoms with van der Waals surface area (Å²) in [5, 5.41) is 23.2. The van der Waals surface area contributed by atoms with E-state index in [1.54, 1.807) is 0 Å². The van der Waals surface area contributed by atoms with Crippen molar-refractivity contribution in [2.75, 3.05) is 0 Å². The van der Waals surface area contributed by atoms with E-state index in [0.717, 1.165) is 29.1 Å². The van der Waals surface area contributed by atoms with E-state index in [0.29, 0.717) is 27.4 Å². The summed E-state index contributed by atoms with van der Waals surface area (Å²) < 4.78 is 4.41. The normalized spacial score (nSPS) is 25.8. The van der Waals surface area contributed by atoms with E-state index in [4.69, 9.17) is 0 Å². The van der Waals surface area contributed by atoms with Gasteiger partial charge in [-0.25, -0.2) is 0 Å². The molecule has 1 aliphatic carbocycles. The third-order valence-corrected chi connectivity index (χ3v) is 24.7. The fourth-order valence-corrected chi connectivity index (χ4v) is 29.2. The van der Waals surface area contributed by atoms with Gasteiger partial charge in [-0.05, 0) is 0 Å². The van der Waals surface area contributed by atoms with Crippen LogP contribution in [-0.2, 0) is 27.0 Å². The molecule has 0 saturated heterocycles. The first-order chi connectivity index (χ1) is 14.8. The summed E-state index contributed by atoms with van der Waals surface area (Å²) in [6.07, 6.45) is 8.26. The molecule has 1 fully saturated rings. The van der Waals surface area contributed by atoms with Gasteiger partial charge in [0.2, 0.25) is 0 Å². The number of rotatable bonds is 4. The molecule has 1 heterocycles. The van der Waals surface area contributed by atoms with Crippen molar-refractivity contribution < 1.29 is 25.7 Å². The third kappa shape index (κ3) is 6.58. The van der Waals surface area contributed by atoms with Crippen molar-refractivity contribution in [3.05, 3.63) is 49.7 Å². The number of aromatic hydroxyl groups is 2. The summed E-state index contributed by atoms with van der Waals surface area (Å²) in [5.74, 6) is 3.16. The van der Waals surface area contributed by atoms with Crippen LogP contribution in [0.2, 0.25) is 0 Å². The zero-order valence-corrected chi connectivity index (χ0v) is 28.7. The van der Waals surface area contributed by atoms with Crippen LogP contribution in [0, 0.1) is 14.3 Å². The molecule has 31 heavy (non-hydrogen) atoms. The second kappa shape index (κ2) is 12.1. The van der Waals surface area contributed by atoms with Crippen LogP contribution in [-0.4, -0.2) is 20.7 Å². The van der Waals surface area contributed by atoms with Gasteiger partial charge in [-0.1, -0.05) is 0 Å². The predicted molar refractivity (Wildman–Crippen MR) is 165 cm³/mol. The molecule has 0 radical (unpaired) electrons. The number of hydrogen-bond acceptors (Lipinski definition) is 2. The quantitative estimate of drug-likeness (QED) is 0.238. The van der Waals surface area contributed by atoms with E-state index in [-0.39, 0.29) is 15.5 Å². The fourth-order valence-electron chi connectivity index (χ4n) is 4.40. The van der Waals surface area contributed by atoms with Crippen LogP contribution in [0.3, 0.4) is 0 Å². The third-order valence-electron chi connectivity index (χ3n) is 5.92. The maximum absolute atomic E-state index is 10.8. The van der Waals surface area contributed by atoms with Gasteiger partial charge < -0.3 is 0 Å². The van der Waals surface area contributed by atoms with Gasteiger partial charge in [0.05, 0.1) is 0 Å². The predicted octanol–water partition coefficient (Wildman–Crippen LogP) is 8.77. The molecule has 2 aromatic rings. The Morgan fingerprint density at radius 2 is 1.13 bits per heavy atom. The van der Waals surface area contributed by atoms with Crippen molar-refractivity contribution in [3.8, 4) is 11.5 Å². The van der Waals surface area contributed by atoms with E-state index in [2.05, 4.69) is 115 Å². The molecule has 4 atom stereocenters. The summed E-state index contributed by atoms with van der Waals surface area (Å²) in [6.45, 7) is 0. The molecule has 3 unspecified atom stereocenters. The van der Waals surface area contributed by atoms with Crippen LogP contribution in [0.15, 0.2) is 24.3 Å². The average Bonchev–Trinajstić information content (AvgIpc) is 2.98. The van der Waals surface area contributed by atoms with Crippen LogP contribution in [0.1, 0.15) is 49.7 Å². The van der Waals surface area contributed by atoms with Crippen LogP contribution in [0.25, 0.3) is 0 Å². The Bertz CT molecular complexity index is 1000. The molecule has 0 spiro atoms. The minimum atomic E-state index is -0.127. The summed E-state index contributed by atoms with van der Waals surface area (Å²) in [7, 11) is 0.848. The molecule has 2 aliphatic rings. The van der Waals surface area contributed by atoms with E-state index in [1.807, 2.05) is 0 Å². The molecule has 4 rings (SSSR count). The number of halogens is 4. The summed E-state index contributed by atoms with van der Waals surface area (Å²) in [5.41, 5.74) is 2.34. The molecule has 2 nitrogen and oxygen atoms in total. The molecule has 1 saturated carbocycles. The Hall–Kier alpha value is 2.37. The fraction of sp³-hybridized carbons (Fsp3) is 0.455. The van der Waals surface area contributed by atoms with Gasteiger partial charge in [0.1, 0.15) is 0 Å². The van der Waals surface area contributed by atoms with Gasteiger partial charge in [0.15, 0.2) is 0 Å². The molecule has 2 N–H and O–H groups in total.